The SMILES string of the molecule is CC/C=C\C/C=C\C/C=C\C/C=C\C/C=C\CCCCCCCCCC(=O)OC(COC(=O)CCCCCCCC)COC(OCC[N+](C)(C)C)C(=O)[O-]. The van der Waals surface area contributed by atoms with Crippen molar-refractivity contribution in [3.63, 3.8) is 0 Å². The van der Waals surface area contributed by atoms with Crippen LogP contribution in [-0.4, -0.2) is 82.3 Å². The van der Waals surface area contributed by atoms with Gasteiger partial charge in [-0.25, -0.2) is 0 Å². The van der Waals surface area contributed by atoms with Gasteiger partial charge in [0.2, 0.25) is 0 Å². The number of aliphatic carboxylic acids is 1. The van der Waals surface area contributed by atoms with Gasteiger partial charge in [-0.15, -0.1) is 0 Å². The van der Waals surface area contributed by atoms with Gasteiger partial charge >= 0.3 is 11.9 Å². The molecule has 0 spiro atoms. The zero-order chi connectivity index (χ0) is 40.0. The molecular weight excluding hydrogens is 682 g/mol. The highest BCUT2D eigenvalue weighted by Gasteiger charge is 2.21. The van der Waals surface area contributed by atoms with Gasteiger partial charge in [0, 0.05) is 12.8 Å². The van der Waals surface area contributed by atoms with Crippen LogP contribution in [0.15, 0.2) is 60.8 Å². The number of carbonyl (C=O) groups is 3. The lowest BCUT2D eigenvalue weighted by atomic mass is 10.1. The number of hydrogen-bond acceptors (Lipinski definition) is 8. The van der Waals surface area contributed by atoms with Crippen molar-refractivity contribution in [1.82, 2.24) is 0 Å². The maximum atomic E-state index is 12.7. The number of allylic oxidation sites excluding steroid dienone is 10. The molecule has 2 atom stereocenters. The third-order valence-corrected chi connectivity index (χ3v) is 8.53. The highest BCUT2D eigenvalue weighted by Crippen LogP contribution is 2.13. The van der Waals surface area contributed by atoms with E-state index in [0.29, 0.717) is 17.4 Å². The zero-order valence-corrected chi connectivity index (χ0v) is 34.8. The van der Waals surface area contributed by atoms with E-state index in [9.17, 15) is 19.5 Å². The maximum Gasteiger partial charge on any atom is 0.306 e. The smallest absolute Gasteiger partial charge is 0.306 e. The van der Waals surface area contributed by atoms with Gasteiger partial charge in [0.15, 0.2) is 12.4 Å². The molecule has 0 aliphatic carbocycles. The Hall–Kier alpha value is -3.01. The molecule has 2 unspecified atom stereocenters. The number of ether oxygens (including phenoxy) is 4. The largest absolute Gasteiger partial charge is 0.545 e. The van der Waals surface area contributed by atoms with Crippen LogP contribution in [0.4, 0.5) is 0 Å². The molecule has 0 aromatic rings. The van der Waals surface area contributed by atoms with Crippen molar-refractivity contribution in [2.45, 2.75) is 161 Å². The summed E-state index contributed by atoms with van der Waals surface area (Å²) in [6.07, 6.45) is 40.0. The Morgan fingerprint density at radius 2 is 1.06 bits per heavy atom. The Morgan fingerprint density at radius 1 is 0.574 bits per heavy atom. The van der Waals surface area contributed by atoms with E-state index >= 15 is 0 Å². The first-order valence-corrected chi connectivity index (χ1v) is 20.9. The molecule has 54 heavy (non-hydrogen) atoms. The van der Waals surface area contributed by atoms with Crippen molar-refractivity contribution in [2.75, 3.05) is 47.5 Å². The van der Waals surface area contributed by atoms with Crippen LogP contribution < -0.4 is 5.11 Å². The van der Waals surface area contributed by atoms with Crippen molar-refractivity contribution in [3.8, 4) is 0 Å². The molecule has 0 aliphatic rings. The number of hydrogen-bond donors (Lipinski definition) is 0. The van der Waals surface area contributed by atoms with Crippen LogP contribution in [0.5, 0.6) is 0 Å². The topological polar surface area (TPSA) is 111 Å². The van der Waals surface area contributed by atoms with Gasteiger partial charge in [0.25, 0.3) is 0 Å². The lowest BCUT2D eigenvalue weighted by Crippen LogP contribution is -2.44. The highest BCUT2D eigenvalue weighted by atomic mass is 16.7. The van der Waals surface area contributed by atoms with E-state index in [2.05, 4.69) is 74.6 Å². The predicted molar refractivity (Wildman–Crippen MR) is 218 cm³/mol. The van der Waals surface area contributed by atoms with Gasteiger partial charge in [-0.1, -0.05) is 139 Å². The van der Waals surface area contributed by atoms with Crippen LogP contribution in [0.3, 0.4) is 0 Å². The predicted octanol–water partition coefficient (Wildman–Crippen LogP) is 9.27. The second-order valence-electron chi connectivity index (χ2n) is 14.9. The van der Waals surface area contributed by atoms with Crippen molar-refractivity contribution in [2.24, 2.45) is 0 Å². The molecule has 0 aromatic carbocycles. The van der Waals surface area contributed by atoms with Gasteiger partial charge in [0.05, 0.1) is 40.3 Å². The number of rotatable bonds is 37. The number of carboxylic acids is 1. The summed E-state index contributed by atoms with van der Waals surface area (Å²) in [6.45, 7) is 4.51. The Balaban J connectivity index is 4.32. The number of carboxylic acid groups (broad SMARTS) is 1. The summed E-state index contributed by atoms with van der Waals surface area (Å²) in [5.74, 6) is -2.32. The van der Waals surface area contributed by atoms with E-state index < -0.39 is 24.3 Å². The van der Waals surface area contributed by atoms with Crippen LogP contribution in [0.1, 0.15) is 149 Å². The minimum Gasteiger partial charge on any atom is -0.545 e. The average Bonchev–Trinajstić information content (AvgIpc) is 3.12. The van der Waals surface area contributed by atoms with Crippen LogP contribution in [0.25, 0.3) is 0 Å². The Morgan fingerprint density at radius 3 is 1.57 bits per heavy atom. The Labute approximate surface area is 329 Å². The Bertz CT molecular complexity index is 1070. The molecule has 0 bridgehead atoms. The fourth-order valence-corrected chi connectivity index (χ4v) is 5.27. The molecule has 0 saturated carbocycles. The molecular formula is C45H77NO8. The lowest BCUT2D eigenvalue weighted by molar-refractivity contribution is -0.870. The molecule has 0 N–H and O–H groups in total. The summed E-state index contributed by atoms with van der Waals surface area (Å²) in [7, 11) is 5.88. The number of esters is 2. The standard InChI is InChI=1S/C45H77NO8/c1-6-8-10-12-14-15-16-17-18-19-20-21-22-23-24-25-26-27-28-29-30-32-34-36-43(48)54-41(39-52-42(47)35-33-31-13-11-9-7-2)40-53-45(44(49)50)51-38-37-46(3,4)5/h8,10,14-15,17-18,20-21,23-24,41,45H,6-7,9,11-13,16,19,22,25-40H2,1-5H3/b10-8-,15-14-,18-17-,21-20-,24-23-. The van der Waals surface area contributed by atoms with Crippen LogP contribution in [-0.2, 0) is 33.3 Å². The highest BCUT2D eigenvalue weighted by molar-refractivity contribution is 5.70. The first-order valence-electron chi connectivity index (χ1n) is 20.9. The number of likely N-dealkylation sites (N-methyl/N-ethyl adjacent to an activating group) is 1. The van der Waals surface area contributed by atoms with Crippen LogP contribution in [0.2, 0.25) is 0 Å². The number of unbranched alkanes of at least 4 members (excludes halogenated alkanes) is 12. The second-order valence-corrected chi connectivity index (χ2v) is 14.9. The van der Waals surface area contributed by atoms with Gasteiger partial charge < -0.3 is 33.3 Å². The molecule has 0 rings (SSSR count). The molecule has 9 heteroatoms. The molecule has 0 saturated heterocycles. The van der Waals surface area contributed by atoms with Gasteiger partial charge in [-0.05, 0) is 57.8 Å². The van der Waals surface area contributed by atoms with E-state index in [4.69, 9.17) is 18.9 Å². The van der Waals surface area contributed by atoms with Gasteiger partial charge in [-0.2, -0.15) is 0 Å². The number of quaternary nitrogens is 1. The molecule has 0 fully saturated rings. The van der Waals surface area contributed by atoms with E-state index in [1.165, 1.54) is 25.7 Å². The normalized spacial score (nSPS) is 13.6. The Kier molecular flexibility index (Phi) is 34.9. The van der Waals surface area contributed by atoms with Crippen molar-refractivity contribution >= 4 is 17.9 Å². The first kappa shape index (κ1) is 51.0. The molecule has 0 radical (unpaired) electrons. The fraction of sp³-hybridized carbons (Fsp3) is 0.711. The van der Waals surface area contributed by atoms with Gasteiger partial charge in [0.1, 0.15) is 13.2 Å². The third-order valence-electron chi connectivity index (χ3n) is 8.53. The second kappa shape index (κ2) is 36.9. The van der Waals surface area contributed by atoms with Crippen LogP contribution >= 0.6 is 0 Å². The fourth-order valence-electron chi connectivity index (χ4n) is 5.27. The molecule has 0 amide bonds. The minimum atomic E-state index is -1.62. The first-order chi connectivity index (χ1) is 26.1. The van der Waals surface area contributed by atoms with E-state index in [-0.39, 0.29) is 38.6 Å². The summed E-state index contributed by atoms with van der Waals surface area (Å²) in [5, 5.41) is 11.6. The molecule has 0 heterocycles. The summed E-state index contributed by atoms with van der Waals surface area (Å²) in [4.78, 5) is 36.6. The monoisotopic (exact) mass is 760 g/mol. The summed E-state index contributed by atoms with van der Waals surface area (Å²) < 4.78 is 22.4. The van der Waals surface area contributed by atoms with Crippen LogP contribution in [0, 0.1) is 0 Å². The minimum absolute atomic E-state index is 0.143. The maximum absolute atomic E-state index is 12.7. The van der Waals surface area contributed by atoms with E-state index in [1.807, 2.05) is 21.1 Å². The quantitative estimate of drug-likeness (QED) is 0.0203. The molecule has 310 valence electrons. The summed E-state index contributed by atoms with van der Waals surface area (Å²) >= 11 is 0. The summed E-state index contributed by atoms with van der Waals surface area (Å²) in [6, 6.07) is 0. The van der Waals surface area contributed by atoms with Gasteiger partial charge in [-0.3, -0.25) is 9.59 Å². The molecule has 9 nitrogen and oxygen atoms in total. The molecule has 0 aliphatic heterocycles. The average molecular weight is 760 g/mol. The number of carbonyl (C=O) groups excluding carboxylic acids is 3. The summed E-state index contributed by atoms with van der Waals surface area (Å²) in [5.41, 5.74) is 0. The van der Waals surface area contributed by atoms with Crippen molar-refractivity contribution in [1.29, 1.82) is 0 Å². The van der Waals surface area contributed by atoms with Crippen molar-refractivity contribution in [3.05, 3.63) is 60.8 Å². The zero-order valence-electron chi connectivity index (χ0n) is 34.8. The molecule has 0 aromatic heterocycles. The van der Waals surface area contributed by atoms with Crippen molar-refractivity contribution < 1.29 is 42.9 Å². The number of nitrogens with zero attached hydrogens (tertiary/aromatic N) is 1. The van der Waals surface area contributed by atoms with E-state index in [1.54, 1.807) is 0 Å². The third kappa shape index (κ3) is 37.3. The van der Waals surface area contributed by atoms with E-state index in [0.717, 1.165) is 89.9 Å². The lowest BCUT2D eigenvalue weighted by Gasteiger charge is -2.26.